The highest BCUT2D eigenvalue weighted by Crippen LogP contribution is 2.25. The van der Waals surface area contributed by atoms with Gasteiger partial charge >= 0.3 is 0 Å². The first-order chi connectivity index (χ1) is 17.2. The molecular formula is C26H19FN6O2. The normalized spacial score (nSPS) is 13.0. The number of hydrogen-bond donors (Lipinski definition) is 0. The van der Waals surface area contributed by atoms with Crippen molar-refractivity contribution >= 4 is 5.91 Å². The van der Waals surface area contributed by atoms with Crippen molar-refractivity contribution in [2.24, 2.45) is 0 Å². The van der Waals surface area contributed by atoms with Crippen LogP contribution in [-0.2, 0) is 13.1 Å². The number of rotatable bonds is 4. The minimum atomic E-state index is -0.280. The van der Waals surface area contributed by atoms with E-state index in [4.69, 9.17) is 4.52 Å². The van der Waals surface area contributed by atoms with Crippen LogP contribution < -0.4 is 0 Å². The van der Waals surface area contributed by atoms with Crippen molar-refractivity contribution in [2.75, 3.05) is 6.54 Å². The quantitative estimate of drug-likeness (QED) is 0.389. The van der Waals surface area contributed by atoms with Gasteiger partial charge in [0.05, 0.1) is 6.54 Å². The molecule has 3 heterocycles. The summed E-state index contributed by atoms with van der Waals surface area (Å²) < 4.78 is 20.5. The van der Waals surface area contributed by atoms with E-state index >= 15 is 0 Å². The van der Waals surface area contributed by atoms with Gasteiger partial charge in [0.2, 0.25) is 11.6 Å². The lowest BCUT2D eigenvalue weighted by atomic mass is 10.0. The van der Waals surface area contributed by atoms with Crippen molar-refractivity contribution in [3.05, 3.63) is 96.1 Å². The van der Waals surface area contributed by atoms with Crippen LogP contribution in [0, 0.1) is 5.82 Å². The predicted molar refractivity (Wildman–Crippen MR) is 125 cm³/mol. The highest BCUT2D eigenvalue weighted by molar-refractivity contribution is 5.94. The van der Waals surface area contributed by atoms with Crippen molar-refractivity contribution in [1.29, 1.82) is 0 Å². The van der Waals surface area contributed by atoms with E-state index in [0.717, 1.165) is 16.7 Å². The molecule has 0 fully saturated rings. The maximum atomic E-state index is 13.2. The van der Waals surface area contributed by atoms with Gasteiger partial charge in [-0.1, -0.05) is 59.8 Å². The van der Waals surface area contributed by atoms with Crippen LogP contribution in [0.2, 0.25) is 0 Å². The Hall–Kier alpha value is -4.66. The largest absolute Gasteiger partial charge is 0.330 e. The second-order valence-electron chi connectivity index (χ2n) is 8.19. The monoisotopic (exact) mass is 466 g/mol. The minimum absolute atomic E-state index is 0.0874. The van der Waals surface area contributed by atoms with Crippen molar-refractivity contribution in [1.82, 2.24) is 29.8 Å². The van der Waals surface area contributed by atoms with E-state index in [1.807, 2.05) is 47.0 Å². The number of carbonyl (C=O) groups excluding carboxylic acids is 1. The molecule has 1 aliphatic rings. The third-order valence-electron chi connectivity index (χ3n) is 6.00. The van der Waals surface area contributed by atoms with E-state index in [0.29, 0.717) is 48.6 Å². The Bertz CT molecular complexity index is 1490. The molecule has 0 bridgehead atoms. The molecule has 2 aromatic heterocycles. The van der Waals surface area contributed by atoms with Gasteiger partial charge in [0.15, 0.2) is 5.82 Å². The number of amides is 1. The fraction of sp³-hybridized carbons (Fsp3) is 0.115. The Balaban J connectivity index is 1.18. The standard InChI is InChI=1S/C26H19FN6O2/c27-21-12-10-18(11-13-21)17-6-8-20(9-7-17)26(34)32-14-15-33-22(16-32)29-30-24(33)25-28-23(31-35-25)19-4-2-1-3-5-19/h1-13H,14-16H2. The fourth-order valence-electron chi connectivity index (χ4n) is 4.14. The molecule has 0 spiro atoms. The summed E-state index contributed by atoms with van der Waals surface area (Å²) in [7, 11) is 0. The molecule has 0 saturated heterocycles. The first kappa shape index (κ1) is 20.9. The maximum Gasteiger partial charge on any atom is 0.296 e. The summed E-state index contributed by atoms with van der Waals surface area (Å²) in [5.41, 5.74) is 3.23. The number of aromatic nitrogens is 5. The average molecular weight is 466 g/mol. The lowest BCUT2D eigenvalue weighted by Gasteiger charge is -2.27. The van der Waals surface area contributed by atoms with Gasteiger partial charge in [0.1, 0.15) is 5.82 Å². The second-order valence-corrected chi connectivity index (χ2v) is 8.19. The zero-order valence-corrected chi connectivity index (χ0v) is 18.5. The molecule has 35 heavy (non-hydrogen) atoms. The summed E-state index contributed by atoms with van der Waals surface area (Å²) in [6.45, 7) is 1.33. The Morgan fingerprint density at radius 1 is 0.829 bits per heavy atom. The van der Waals surface area contributed by atoms with E-state index in [9.17, 15) is 9.18 Å². The smallest absolute Gasteiger partial charge is 0.296 e. The van der Waals surface area contributed by atoms with Gasteiger partial charge in [-0.25, -0.2) is 4.39 Å². The molecule has 1 aliphatic heterocycles. The molecule has 0 unspecified atom stereocenters. The Labute approximate surface area is 199 Å². The SMILES string of the molecule is O=C(c1ccc(-c2ccc(F)cc2)cc1)N1CCn2c(nnc2-c2nc(-c3ccccc3)no2)C1. The molecule has 0 radical (unpaired) electrons. The fourth-order valence-corrected chi connectivity index (χ4v) is 4.14. The zero-order valence-electron chi connectivity index (χ0n) is 18.5. The summed E-state index contributed by atoms with van der Waals surface area (Å²) in [5, 5.41) is 12.6. The summed E-state index contributed by atoms with van der Waals surface area (Å²) in [5.74, 6) is 1.55. The first-order valence-electron chi connectivity index (χ1n) is 11.1. The van der Waals surface area contributed by atoms with Gasteiger partial charge in [-0.05, 0) is 35.4 Å². The van der Waals surface area contributed by atoms with Crippen LogP contribution in [-0.4, -0.2) is 42.3 Å². The topological polar surface area (TPSA) is 89.9 Å². The number of carbonyl (C=O) groups is 1. The predicted octanol–water partition coefficient (Wildman–Crippen LogP) is 4.46. The molecular weight excluding hydrogens is 447 g/mol. The van der Waals surface area contributed by atoms with Crippen molar-refractivity contribution in [3.8, 4) is 34.2 Å². The Morgan fingerprint density at radius 2 is 1.54 bits per heavy atom. The molecule has 0 N–H and O–H groups in total. The van der Waals surface area contributed by atoms with Crippen LogP contribution in [0.25, 0.3) is 34.2 Å². The molecule has 5 aromatic rings. The van der Waals surface area contributed by atoms with E-state index < -0.39 is 0 Å². The molecule has 8 nitrogen and oxygen atoms in total. The lowest BCUT2D eigenvalue weighted by molar-refractivity contribution is 0.0708. The molecule has 6 rings (SSSR count). The summed E-state index contributed by atoms with van der Waals surface area (Å²) in [6, 6.07) is 23.1. The number of halogens is 1. The van der Waals surface area contributed by atoms with Crippen LogP contribution in [0.4, 0.5) is 4.39 Å². The van der Waals surface area contributed by atoms with E-state index in [2.05, 4.69) is 20.3 Å². The van der Waals surface area contributed by atoms with Crippen LogP contribution >= 0.6 is 0 Å². The second kappa shape index (κ2) is 8.60. The van der Waals surface area contributed by atoms with Crippen LogP contribution in [0.1, 0.15) is 16.2 Å². The molecule has 3 aromatic carbocycles. The molecule has 1 amide bonds. The summed E-state index contributed by atoms with van der Waals surface area (Å²) in [4.78, 5) is 19.3. The Morgan fingerprint density at radius 3 is 2.29 bits per heavy atom. The van der Waals surface area contributed by atoms with Crippen molar-refractivity contribution in [3.63, 3.8) is 0 Å². The number of fused-ring (bicyclic) bond motifs is 1. The number of benzene rings is 3. The van der Waals surface area contributed by atoms with Gasteiger partial charge in [-0.2, -0.15) is 4.98 Å². The van der Waals surface area contributed by atoms with Crippen LogP contribution in [0.15, 0.2) is 83.4 Å². The molecule has 0 saturated carbocycles. The van der Waals surface area contributed by atoms with Gasteiger partial charge in [0.25, 0.3) is 11.8 Å². The zero-order chi connectivity index (χ0) is 23.8. The highest BCUT2D eigenvalue weighted by Gasteiger charge is 2.27. The van der Waals surface area contributed by atoms with Crippen LogP contribution in [0.5, 0.6) is 0 Å². The van der Waals surface area contributed by atoms with E-state index in [1.54, 1.807) is 29.2 Å². The molecule has 172 valence electrons. The van der Waals surface area contributed by atoms with Crippen LogP contribution in [0.3, 0.4) is 0 Å². The Kier molecular flexibility index (Phi) is 5.14. The molecule has 0 aliphatic carbocycles. The van der Waals surface area contributed by atoms with Gasteiger partial charge in [-0.3, -0.25) is 4.79 Å². The van der Waals surface area contributed by atoms with E-state index in [-0.39, 0.29) is 11.7 Å². The summed E-state index contributed by atoms with van der Waals surface area (Å²) in [6.07, 6.45) is 0. The average Bonchev–Trinajstić information content (AvgIpc) is 3.56. The van der Waals surface area contributed by atoms with Gasteiger partial charge < -0.3 is 14.0 Å². The summed E-state index contributed by atoms with van der Waals surface area (Å²) >= 11 is 0. The first-order valence-corrected chi connectivity index (χ1v) is 11.1. The van der Waals surface area contributed by atoms with Gasteiger partial charge in [-0.15, -0.1) is 10.2 Å². The number of hydrogen-bond acceptors (Lipinski definition) is 6. The van der Waals surface area contributed by atoms with Crippen molar-refractivity contribution < 1.29 is 13.7 Å². The molecule has 9 heteroatoms. The molecule has 0 atom stereocenters. The maximum absolute atomic E-state index is 13.2. The van der Waals surface area contributed by atoms with Crippen molar-refractivity contribution in [2.45, 2.75) is 13.1 Å². The lowest BCUT2D eigenvalue weighted by Crippen LogP contribution is -2.38. The minimum Gasteiger partial charge on any atom is -0.330 e. The third kappa shape index (κ3) is 3.97. The highest BCUT2D eigenvalue weighted by atomic mass is 19.1. The third-order valence-corrected chi connectivity index (χ3v) is 6.00. The number of nitrogens with zero attached hydrogens (tertiary/aromatic N) is 6. The van der Waals surface area contributed by atoms with E-state index in [1.165, 1.54) is 12.1 Å². The van der Waals surface area contributed by atoms with Gasteiger partial charge in [0, 0.05) is 24.2 Å².